The monoisotopic (exact) mass is 236 g/mol. The first-order valence-corrected chi connectivity index (χ1v) is 6.57. The van der Waals surface area contributed by atoms with Crippen molar-refractivity contribution in [2.45, 2.75) is 32.2 Å². The van der Waals surface area contributed by atoms with Gasteiger partial charge in [0.05, 0.1) is 6.54 Å². The summed E-state index contributed by atoms with van der Waals surface area (Å²) in [6.07, 6.45) is 4.10. The van der Waals surface area contributed by atoms with E-state index in [9.17, 15) is 0 Å². The van der Waals surface area contributed by atoms with E-state index in [4.69, 9.17) is 5.73 Å². The van der Waals surface area contributed by atoms with Crippen LogP contribution in [0.3, 0.4) is 0 Å². The summed E-state index contributed by atoms with van der Waals surface area (Å²) in [6, 6.07) is 0.898. The van der Waals surface area contributed by atoms with Crippen molar-refractivity contribution >= 4 is 5.96 Å². The molecule has 2 fully saturated rings. The molecule has 1 saturated heterocycles. The summed E-state index contributed by atoms with van der Waals surface area (Å²) in [6.45, 7) is 9.83. The summed E-state index contributed by atoms with van der Waals surface area (Å²) in [5.41, 5.74) is 6.83. The van der Waals surface area contributed by atoms with Crippen LogP contribution in [0.5, 0.6) is 0 Å². The molecule has 96 valence electrons. The molecule has 17 heavy (non-hydrogen) atoms. The molecule has 3 N–H and O–H groups in total. The molecule has 1 aliphatic carbocycles. The number of rotatable bonds is 5. The van der Waals surface area contributed by atoms with Crippen LogP contribution in [0.15, 0.2) is 17.1 Å². The van der Waals surface area contributed by atoms with Gasteiger partial charge in [-0.25, -0.2) is 4.99 Å². The molecule has 0 bridgehead atoms. The fraction of sp³-hybridized carbons (Fsp3) is 0.769. The largest absolute Gasteiger partial charge is 0.370 e. The molecule has 0 aromatic heterocycles. The predicted octanol–water partition coefficient (Wildman–Crippen LogP) is 0.951. The van der Waals surface area contributed by atoms with Gasteiger partial charge in [-0.15, -0.1) is 0 Å². The van der Waals surface area contributed by atoms with Crippen LogP contribution < -0.4 is 11.1 Å². The molecule has 0 amide bonds. The van der Waals surface area contributed by atoms with Gasteiger partial charge in [0.15, 0.2) is 5.96 Å². The summed E-state index contributed by atoms with van der Waals surface area (Å²) in [5.74, 6) is 1.28. The third kappa shape index (κ3) is 4.04. The Morgan fingerprint density at radius 3 is 2.88 bits per heavy atom. The summed E-state index contributed by atoms with van der Waals surface area (Å²) in [5, 5.41) is 3.22. The molecule has 0 radical (unpaired) electrons. The second-order valence-electron chi connectivity index (χ2n) is 5.42. The molecule has 0 spiro atoms. The van der Waals surface area contributed by atoms with Crippen molar-refractivity contribution in [2.75, 3.05) is 26.2 Å². The van der Waals surface area contributed by atoms with Gasteiger partial charge in [-0.1, -0.05) is 12.2 Å². The zero-order valence-electron chi connectivity index (χ0n) is 10.8. The Morgan fingerprint density at radius 2 is 2.24 bits per heavy atom. The maximum absolute atomic E-state index is 5.79. The van der Waals surface area contributed by atoms with Gasteiger partial charge in [0, 0.05) is 19.1 Å². The van der Waals surface area contributed by atoms with Crippen molar-refractivity contribution in [3.05, 3.63) is 12.2 Å². The molecular weight excluding hydrogens is 212 g/mol. The first-order chi connectivity index (χ1) is 8.15. The normalized spacial score (nSPS) is 26.2. The Kier molecular flexibility index (Phi) is 4.05. The molecule has 4 heteroatoms. The smallest absolute Gasteiger partial charge is 0.188 e. The number of likely N-dealkylation sites (tertiary alicyclic amines) is 1. The Hall–Kier alpha value is -1.03. The van der Waals surface area contributed by atoms with Gasteiger partial charge >= 0.3 is 0 Å². The second-order valence-corrected chi connectivity index (χ2v) is 5.42. The Morgan fingerprint density at radius 1 is 1.47 bits per heavy atom. The third-order valence-corrected chi connectivity index (χ3v) is 3.47. The SMILES string of the molecule is C=C(C)CN=C(N)NCC1CCN(C2CC2)C1. The third-order valence-electron chi connectivity index (χ3n) is 3.47. The molecule has 4 nitrogen and oxygen atoms in total. The maximum atomic E-state index is 5.79. The molecule has 1 aliphatic heterocycles. The minimum atomic E-state index is 0.554. The van der Waals surface area contributed by atoms with Gasteiger partial charge in [0.1, 0.15) is 0 Å². The van der Waals surface area contributed by atoms with Crippen molar-refractivity contribution in [2.24, 2.45) is 16.6 Å². The van der Waals surface area contributed by atoms with Gasteiger partial charge in [-0.05, 0) is 38.6 Å². The highest BCUT2D eigenvalue weighted by Crippen LogP contribution is 2.31. The van der Waals surface area contributed by atoms with Crippen molar-refractivity contribution in [1.29, 1.82) is 0 Å². The Balaban J connectivity index is 1.64. The van der Waals surface area contributed by atoms with E-state index in [1.54, 1.807) is 0 Å². The van der Waals surface area contributed by atoms with Crippen molar-refractivity contribution in [3.63, 3.8) is 0 Å². The number of hydrogen-bond donors (Lipinski definition) is 2. The number of nitrogens with one attached hydrogen (secondary N) is 1. The number of nitrogens with two attached hydrogens (primary N) is 1. The van der Waals surface area contributed by atoms with Gasteiger partial charge < -0.3 is 16.0 Å². The fourth-order valence-corrected chi connectivity index (χ4v) is 2.33. The van der Waals surface area contributed by atoms with Gasteiger partial charge in [-0.3, -0.25) is 0 Å². The Bertz CT molecular complexity index is 307. The van der Waals surface area contributed by atoms with Gasteiger partial charge in [-0.2, -0.15) is 0 Å². The topological polar surface area (TPSA) is 53.6 Å². The summed E-state index contributed by atoms with van der Waals surface area (Å²) in [7, 11) is 0. The van der Waals surface area contributed by atoms with E-state index in [1.807, 2.05) is 6.92 Å². The summed E-state index contributed by atoms with van der Waals surface area (Å²) >= 11 is 0. The lowest BCUT2D eigenvalue weighted by molar-refractivity contribution is 0.314. The predicted molar refractivity (Wildman–Crippen MR) is 72.0 cm³/mol. The lowest BCUT2D eigenvalue weighted by Gasteiger charge is -2.15. The van der Waals surface area contributed by atoms with Crippen LogP contribution in [0, 0.1) is 5.92 Å². The number of guanidine groups is 1. The van der Waals surface area contributed by atoms with E-state index in [0.29, 0.717) is 12.5 Å². The quantitative estimate of drug-likeness (QED) is 0.424. The molecule has 0 aromatic rings. The van der Waals surface area contributed by atoms with Gasteiger partial charge in [0.25, 0.3) is 0 Å². The maximum Gasteiger partial charge on any atom is 0.188 e. The van der Waals surface area contributed by atoms with E-state index in [0.717, 1.165) is 24.1 Å². The molecule has 1 heterocycles. The van der Waals surface area contributed by atoms with Crippen LogP contribution in [0.25, 0.3) is 0 Å². The average molecular weight is 236 g/mol. The molecule has 1 atom stereocenters. The zero-order chi connectivity index (χ0) is 12.3. The first-order valence-electron chi connectivity index (χ1n) is 6.57. The van der Waals surface area contributed by atoms with E-state index in [2.05, 4.69) is 21.8 Å². The van der Waals surface area contributed by atoms with E-state index >= 15 is 0 Å². The van der Waals surface area contributed by atoms with Crippen LogP contribution in [-0.4, -0.2) is 43.1 Å². The first kappa shape index (κ1) is 12.4. The summed E-state index contributed by atoms with van der Waals surface area (Å²) < 4.78 is 0. The highest BCUT2D eigenvalue weighted by molar-refractivity contribution is 5.77. The number of hydrogen-bond acceptors (Lipinski definition) is 2. The van der Waals surface area contributed by atoms with E-state index in [1.165, 1.54) is 32.4 Å². The van der Waals surface area contributed by atoms with Crippen LogP contribution in [0.2, 0.25) is 0 Å². The van der Waals surface area contributed by atoms with Crippen molar-refractivity contribution in [1.82, 2.24) is 10.2 Å². The van der Waals surface area contributed by atoms with Crippen molar-refractivity contribution in [3.8, 4) is 0 Å². The highest BCUT2D eigenvalue weighted by Gasteiger charge is 2.34. The van der Waals surface area contributed by atoms with E-state index < -0.39 is 0 Å². The molecular formula is C13H24N4. The fourth-order valence-electron chi connectivity index (χ4n) is 2.33. The standard InChI is InChI=1S/C13H24N4/c1-10(2)7-15-13(14)16-8-11-5-6-17(9-11)12-3-4-12/h11-12H,1,3-9H2,2H3,(H3,14,15,16). The minimum absolute atomic E-state index is 0.554. The number of aliphatic imine (C=N–C) groups is 1. The van der Waals surface area contributed by atoms with Crippen LogP contribution in [0.1, 0.15) is 26.2 Å². The van der Waals surface area contributed by atoms with Gasteiger partial charge in [0.2, 0.25) is 0 Å². The molecule has 2 rings (SSSR count). The lowest BCUT2D eigenvalue weighted by Crippen LogP contribution is -2.36. The molecule has 0 aromatic carbocycles. The van der Waals surface area contributed by atoms with Crippen LogP contribution in [-0.2, 0) is 0 Å². The van der Waals surface area contributed by atoms with E-state index in [-0.39, 0.29) is 0 Å². The molecule has 1 unspecified atom stereocenters. The lowest BCUT2D eigenvalue weighted by atomic mass is 10.1. The average Bonchev–Trinajstić information content (AvgIpc) is 3.04. The minimum Gasteiger partial charge on any atom is -0.370 e. The zero-order valence-corrected chi connectivity index (χ0v) is 10.8. The Labute approximate surface area is 104 Å². The highest BCUT2D eigenvalue weighted by atomic mass is 15.2. The summed E-state index contributed by atoms with van der Waals surface area (Å²) in [4.78, 5) is 6.84. The molecule has 1 saturated carbocycles. The second kappa shape index (κ2) is 5.54. The van der Waals surface area contributed by atoms with Crippen LogP contribution >= 0.6 is 0 Å². The number of nitrogens with zero attached hydrogens (tertiary/aromatic N) is 2. The molecule has 2 aliphatic rings. The van der Waals surface area contributed by atoms with Crippen LogP contribution in [0.4, 0.5) is 0 Å². The van der Waals surface area contributed by atoms with Crippen molar-refractivity contribution < 1.29 is 0 Å².